The fourth-order valence-corrected chi connectivity index (χ4v) is 4.30. The molecule has 3 heterocycles. The molecule has 2 aromatic rings. The summed E-state index contributed by atoms with van der Waals surface area (Å²) in [6.07, 6.45) is 3.97. The predicted octanol–water partition coefficient (Wildman–Crippen LogP) is 2.67. The van der Waals surface area contributed by atoms with Gasteiger partial charge < -0.3 is 10.2 Å². The van der Waals surface area contributed by atoms with Gasteiger partial charge in [0.1, 0.15) is 0 Å². The van der Waals surface area contributed by atoms with Crippen LogP contribution in [-0.4, -0.2) is 40.3 Å². The minimum atomic E-state index is -0.371. The van der Waals surface area contributed by atoms with E-state index in [1.807, 2.05) is 42.2 Å². The molecule has 5 heteroatoms. The lowest BCUT2D eigenvalue weighted by molar-refractivity contribution is -0.125. The zero-order valence-corrected chi connectivity index (χ0v) is 14.9. The Bertz CT molecular complexity index is 819. The van der Waals surface area contributed by atoms with Crippen molar-refractivity contribution in [1.82, 2.24) is 15.2 Å². The van der Waals surface area contributed by atoms with Crippen molar-refractivity contribution < 1.29 is 9.59 Å². The summed E-state index contributed by atoms with van der Waals surface area (Å²) in [4.78, 5) is 31.3. The van der Waals surface area contributed by atoms with Crippen molar-refractivity contribution in [2.75, 3.05) is 13.1 Å². The molecule has 0 unspecified atom stereocenters. The number of piperidine rings is 1. The number of carbonyl (C=O) groups excluding carboxylic acids is 2. The van der Waals surface area contributed by atoms with Crippen LogP contribution < -0.4 is 5.32 Å². The van der Waals surface area contributed by atoms with E-state index in [0.717, 1.165) is 18.5 Å². The van der Waals surface area contributed by atoms with Crippen molar-refractivity contribution in [1.29, 1.82) is 0 Å². The minimum absolute atomic E-state index is 0.0184. The van der Waals surface area contributed by atoms with Crippen molar-refractivity contribution >= 4 is 11.8 Å². The molecule has 1 aromatic heterocycles. The molecule has 2 atom stereocenters. The summed E-state index contributed by atoms with van der Waals surface area (Å²) < 4.78 is 0. The molecule has 1 spiro atoms. The first-order chi connectivity index (χ1) is 12.6. The predicted molar refractivity (Wildman–Crippen MR) is 98.8 cm³/mol. The number of carbonyl (C=O) groups is 2. The van der Waals surface area contributed by atoms with Crippen LogP contribution in [0.3, 0.4) is 0 Å². The highest BCUT2D eigenvalue weighted by Crippen LogP contribution is 2.41. The number of aromatic nitrogens is 1. The lowest BCUT2D eigenvalue weighted by Crippen LogP contribution is -2.56. The number of nitrogens with zero attached hydrogens (tertiary/aromatic N) is 2. The maximum Gasteiger partial charge on any atom is 0.255 e. The van der Waals surface area contributed by atoms with Crippen LogP contribution in [-0.2, 0) is 4.79 Å². The van der Waals surface area contributed by atoms with Gasteiger partial charge in [0.05, 0.1) is 11.1 Å². The lowest BCUT2D eigenvalue weighted by Gasteiger charge is -2.39. The third-order valence-electron chi connectivity index (χ3n) is 5.61. The van der Waals surface area contributed by atoms with Crippen molar-refractivity contribution in [3.63, 3.8) is 0 Å². The Labute approximate surface area is 153 Å². The number of aryl methyl sites for hydroxylation is 1. The third kappa shape index (κ3) is 2.98. The van der Waals surface area contributed by atoms with Gasteiger partial charge >= 0.3 is 0 Å². The number of pyridine rings is 1. The quantitative estimate of drug-likeness (QED) is 0.907. The molecule has 5 nitrogen and oxygen atoms in total. The molecule has 2 amide bonds. The van der Waals surface area contributed by atoms with Crippen molar-refractivity contribution in [3.8, 4) is 0 Å². The van der Waals surface area contributed by atoms with Crippen LogP contribution in [0.25, 0.3) is 0 Å². The summed E-state index contributed by atoms with van der Waals surface area (Å²) in [5.74, 6) is 0.175. The fourth-order valence-electron chi connectivity index (χ4n) is 4.30. The third-order valence-corrected chi connectivity index (χ3v) is 5.61. The van der Waals surface area contributed by atoms with Crippen LogP contribution in [0.1, 0.15) is 46.8 Å². The molecule has 0 bridgehead atoms. The molecular weight excluding hydrogens is 326 g/mol. The average molecular weight is 349 g/mol. The van der Waals surface area contributed by atoms with Gasteiger partial charge in [0.15, 0.2) is 0 Å². The topological polar surface area (TPSA) is 62.3 Å². The largest absolute Gasteiger partial charge is 0.348 e. The highest BCUT2D eigenvalue weighted by atomic mass is 16.2. The van der Waals surface area contributed by atoms with Gasteiger partial charge in [0, 0.05) is 37.3 Å². The molecule has 2 fully saturated rings. The van der Waals surface area contributed by atoms with Gasteiger partial charge in [-0.3, -0.25) is 14.6 Å². The van der Waals surface area contributed by atoms with Gasteiger partial charge in [-0.15, -0.1) is 0 Å². The number of benzene rings is 1. The van der Waals surface area contributed by atoms with E-state index in [-0.39, 0.29) is 23.3 Å². The van der Waals surface area contributed by atoms with Gasteiger partial charge in [-0.25, -0.2) is 0 Å². The summed E-state index contributed by atoms with van der Waals surface area (Å²) in [5.41, 5.74) is 2.29. The van der Waals surface area contributed by atoms with Crippen molar-refractivity contribution in [2.24, 2.45) is 0 Å². The number of likely N-dealkylation sites (tertiary alicyclic amines) is 1. The van der Waals surface area contributed by atoms with E-state index < -0.39 is 0 Å². The summed E-state index contributed by atoms with van der Waals surface area (Å²) in [5, 5.41) is 3.24. The highest BCUT2D eigenvalue weighted by molar-refractivity contribution is 5.94. The molecule has 0 aliphatic carbocycles. The Morgan fingerprint density at radius 1 is 1.23 bits per heavy atom. The molecule has 134 valence electrons. The van der Waals surface area contributed by atoms with Gasteiger partial charge in [-0.05, 0) is 37.5 Å². The van der Waals surface area contributed by atoms with E-state index >= 15 is 0 Å². The maximum atomic E-state index is 13.0. The Kier molecular flexibility index (Phi) is 4.23. The maximum absolute atomic E-state index is 13.0. The van der Waals surface area contributed by atoms with Gasteiger partial charge in [0.25, 0.3) is 5.91 Å². The Balaban J connectivity index is 1.66. The Morgan fingerprint density at radius 3 is 2.73 bits per heavy atom. The van der Waals surface area contributed by atoms with Crippen LogP contribution in [0.5, 0.6) is 0 Å². The number of amides is 2. The Hall–Kier alpha value is -2.69. The lowest BCUT2D eigenvalue weighted by atomic mass is 9.76. The molecule has 2 aliphatic rings. The highest BCUT2D eigenvalue weighted by Gasteiger charge is 2.50. The molecular formula is C21H23N3O2. The molecule has 4 rings (SSSR count). The number of hydrogen-bond acceptors (Lipinski definition) is 3. The summed E-state index contributed by atoms with van der Waals surface area (Å²) in [6.45, 7) is 3.06. The number of nitrogens with one attached hydrogen (secondary N) is 1. The summed E-state index contributed by atoms with van der Waals surface area (Å²) in [6, 6.07) is 13.9. The standard InChI is InChI=1S/C21H23N3O2/c1-15-9-10-17(12-22-15)20(26)24-13-18(16-6-3-2-4-7-16)21(14-24)11-5-8-19(25)23-21/h2-4,6-7,9-10,12,18H,5,8,11,13-14H2,1H3,(H,23,25)/t18-,21+/m0/s1. The first-order valence-electron chi connectivity index (χ1n) is 9.15. The van der Waals surface area contributed by atoms with Gasteiger partial charge in [0.2, 0.25) is 5.91 Å². The molecule has 1 aromatic carbocycles. The van der Waals surface area contributed by atoms with Crippen LogP contribution in [0.15, 0.2) is 48.7 Å². The molecule has 26 heavy (non-hydrogen) atoms. The van der Waals surface area contributed by atoms with Crippen LogP contribution in [0.4, 0.5) is 0 Å². The average Bonchev–Trinajstić information content (AvgIpc) is 3.01. The zero-order valence-electron chi connectivity index (χ0n) is 14.9. The first-order valence-corrected chi connectivity index (χ1v) is 9.15. The summed E-state index contributed by atoms with van der Waals surface area (Å²) >= 11 is 0. The molecule has 0 saturated carbocycles. The SMILES string of the molecule is Cc1ccc(C(=O)N2C[C@@H](c3ccccc3)[C@@]3(CCCC(=O)N3)C2)cn1. The second-order valence-electron chi connectivity index (χ2n) is 7.40. The van der Waals surface area contributed by atoms with E-state index in [2.05, 4.69) is 22.4 Å². The normalized spacial score (nSPS) is 25.3. The Morgan fingerprint density at radius 2 is 2.04 bits per heavy atom. The monoisotopic (exact) mass is 349 g/mol. The second kappa shape index (κ2) is 6.56. The van der Waals surface area contributed by atoms with E-state index in [1.165, 1.54) is 5.56 Å². The van der Waals surface area contributed by atoms with Crippen molar-refractivity contribution in [2.45, 2.75) is 37.6 Å². The van der Waals surface area contributed by atoms with Gasteiger partial charge in [-0.2, -0.15) is 0 Å². The molecule has 1 N–H and O–H groups in total. The number of rotatable bonds is 2. The van der Waals surface area contributed by atoms with Crippen LogP contribution in [0.2, 0.25) is 0 Å². The first kappa shape index (κ1) is 16.8. The van der Waals surface area contributed by atoms with Crippen molar-refractivity contribution in [3.05, 3.63) is 65.5 Å². The minimum Gasteiger partial charge on any atom is -0.348 e. The van der Waals surface area contributed by atoms with E-state index in [1.54, 1.807) is 6.20 Å². The zero-order chi connectivity index (χ0) is 18.1. The summed E-state index contributed by atoms with van der Waals surface area (Å²) in [7, 11) is 0. The van der Waals surface area contributed by atoms with Crippen LogP contribution in [0, 0.1) is 6.92 Å². The number of hydrogen-bond donors (Lipinski definition) is 1. The molecule has 2 saturated heterocycles. The fraction of sp³-hybridized carbons (Fsp3) is 0.381. The second-order valence-corrected chi connectivity index (χ2v) is 7.40. The van der Waals surface area contributed by atoms with E-state index in [9.17, 15) is 9.59 Å². The molecule has 2 aliphatic heterocycles. The molecule has 0 radical (unpaired) electrons. The van der Waals surface area contributed by atoms with Gasteiger partial charge in [-0.1, -0.05) is 30.3 Å². The van der Waals surface area contributed by atoms with Crippen LogP contribution >= 0.6 is 0 Å². The van der Waals surface area contributed by atoms with E-state index in [0.29, 0.717) is 25.1 Å². The van der Waals surface area contributed by atoms with E-state index in [4.69, 9.17) is 0 Å². The smallest absolute Gasteiger partial charge is 0.255 e.